The minimum Gasteiger partial charge on any atom is -0.481 e. The van der Waals surface area contributed by atoms with Gasteiger partial charge in [-0.25, -0.2) is 0 Å². The number of carboxylic acid groups (broad SMARTS) is 1. The van der Waals surface area contributed by atoms with Gasteiger partial charge in [-0.1, -0.05) is 50.1 Å². The second-order valence-electron chi connectivity index (χ2n) is 4.13. The predicted molar refractivity (Wildman–Crippen MR) is 74.1 cm³/mol. The quantitative estimate of drug-likeness (QED) is 0.618. The lowest BCUT2D eigenvalue weighted by Gasteiger charge is -2.11. The van der Waals surface area contributed by atoms with E-state index in [2.05, 4.69) is 0 Å². The van der Waals surface area contributed by atoms with Gasteiger partial charge in [0.1, 0.15) is 6.61 Å². The second-order valence-corrected chi connectivity index (χ2v) is 4.13. The summed E-state index contributed by atoms with van der Waals surface area (Å²) in [7, 11) is 0. The van der Waals surface area contributed by atoms with E-state index in [9.17, 15) is 9.59 Å². The van der Waals surface area contributed by atoms with E-state index in [1.54, 1.807) is 0 Å². The van der Waals surface area contributed by atoms with E-state index in [4.69, 9.17) is 9.84 Å². The Kier molecular flexibility index (Phi) is 8.62. The molecule has 1 unspecified atom stereocenters. The van der Waals surface area contributed by atoms with Crippen molar-refractivity contribution in [2.45, 2.75) is 32.8 Å². The van der Waals surface area contributed by atoms with Gasteiger partial charge >= 0.3 is 11.9 Å². The first-order chi connectivity index (χ1) is 8.65. The SMILES string of the molecule is CCCCC(C(=O)O)C(=O)OCc1ccccc1.Cl. The van der Waals surface area contributed by atoms with Crippen LogP contribution in [0.15, 0.2) is 30.3 Å². The fourth-order valence-corrected chi connectivity index (χ4v) is 1.58. The van der Waals surface area contributed by atoms with E-state index < -0.39 is 17.9 Å². The third-order valence-electron chi connectivity index (χ3n) is 2.65. The van der Waals surface area contributed by atoms with E-state index in [1.165, 1.54) is 0 Å². The van der Waals surface area contributed by atoms with Crippen molar-refractivity contribution in [3.63, 3.8) is 0 Å². The molecule has 0 aliphatic rings. The number of esters is 1. The van der Waals surface area contributed by atoms with Crippen LogP contribution in [-0.2, 0) is 20.9 Å². The summed E-state index contributed by atoms with van der Waals surface area (Å²) in [6.07, 6.45) is 1.90. The number of rotatable bonds is 7. The second kappa shape index (κ2) is 9.39. The maximum atomic E-state index is 11.7. The Labute approximate surface area is 119 Å². The molecule has 1 aromatic rings. The normalized spacial score (nSPS) is 11.2. The molecule has 0 fully saturated rings. The van der Waals surface area contributed by atoms with Gasteiger partial charge in [0.15, 0.2) is 5.92 Å². The zero-order valence-corrected chi connectivity index (χ0v) is 11.7. The molecule has 1 rings (SSSR count). The molecular weight excluding hydrogens is 268 g/mol. The molecule has 1 N–H and O–H groups in total. The molecular formula is C14H19ClO4. The fourth-order valence-electron chi connectivity index (χ4n) is 1.58. The van der Waals surface area contributed by atoms with Gasteiger partial charge in [0.2, 0.25) is 0 Å². The number of unbranched alkanes of at least 4 members (excludes halogenated alkanes) is 1. The van der Waals surface area contributed by atoms with Crippen molar-refractivity contribution >= 4 is 24.3 Å². The van der Waals surface area contributed by atoms with Gasteiger partial charge in [0.25, 0.3) is 0 Å². The smallest absolute Gasteiger partial charge is 0.320 e. The molecule has 0 saturated carbocycles. The summed E-state index contributed by atoms with van der Waals surface area (Å²) in [5, 5.41) is 8.97. The molecule has 0 bridgehead atoms. The van der Waals surface area contributed by atoms with Crippen molar-refractivity contribution in [2.75, 3.05) is 0 Å². The molecule has 1 atom stereocenters. The molecule has 0 saturated heterocycles. The summed E-state index contributed by atoms with van der Waals surface area (Å²) in [6.45, 7) is 2.07. The van der Waals surface area contributed by atoms with Crippen molar-refractivity contribution in [2.24, 2.45) is 5.92 Å². The Morgan fingerprint density at radius 3 is 2.42 bits per heavy atom. The summed E-state index contributed by atoms with van der Waals surface area (Å²) < 4.78 is 5.03. The van der Waals surface area contributed by atoms with Crippen molar-refractivity contribution in [3.8, 4) is 0 Å². The number of hydrogen-bond donors (Lipinski definition) is 1. The molecule has 19 heavy (non-hydrogen) atoms. The number of carbonyl (C=O) groups is 2. The molecule has 0 aliphatic carbocycles. The lowest BCUT2D eigenvalue weighted by molar-refractivity contribution is -0.160. The molecule has 4 nitrogen and oxygen atoms in total. The Morgan fingerprint density at radius 2 is 1.89 bits per heavy atom. The standard InChI is InChI=1S/C14H18O4.ClH/c1-2-3-9-12(13(15)16)14(17)18-10-11-7-5-4-6-8-11;/h4-8,12H,2-3,9-10H2,1H3,(H,15,16);1H. The van der Waals surface area contributed by atoms with Gasteiger partial charge in [0, 0.05) is 0 Å². The minimum absolute atomic E-state index is 0. The number of halogens is 1. The van der Waals surface area contributed by atoms with E-state index in [0.717, 1.165) is 12.0 Å². The monoisotopic (exact) mass is 286 g/mol. The van der Waals surface area contributed by atoms with Crippen LogP contribution in [0.1, 0.15) is 31.7 Å². The van der Waals surface area contributed by atoms with Crippen molar-refractivity contribution < 1.29 is 19.4 Å². The van der Waals surface area contributed by atoms with E-state index >= 15 is 0 Å². The first-order valence-corrected chi connectivity index (χ1v) is 6.08. The average molecular weight is 287 g/mol. The molecule has 0 radical (unpaired) electrons. The van der Waals surface area contributed by atoms with Gasteiger partial charge in [-0.15, -0.1) is 12.4 Å². The molecule has 0 aliphatic heterocycles. The fraction of sp³-hybridized carbons (Fsp3) is 0.429. The third-order valence-corrected chi connectivity index (χ3v) is 2.65. The van der Waals surface area contributed by atoms with Crippen molar-refractivity contribution in [1.82, 2.24) is 0 Å². The van der Waals surface area contributed by atoms with Gasteiger partial charge in [-0.05, 0) is 12.0 Å². The summed E-state index contributed by atoms with van der Waals surface area (Å²) in [4.78, 5) is 22.6. The Balaban J connectivity index is 0.00000324. The highest BCUT2D eigenvalue weighted by atomic mass is 35.5. The van der Waals surface area contributed by atoms with Crippen LogP contribution in [0.5, 0.6) is 0 Å². The largest absolute Gasteiger partial charge is 0.481 e. The molecule has 1 aromatic carbocycles. The highest BCUT2D eigenvalue weighted by Crippen LogP contribution is 2.12. The molecule has 5 heteroatoms. The highest BCUT2D eigenvalue weighted by Gasteiger charge is 2.26. The van der Waals surface area contributed by atoms with Crippen LogP contribution < -0.4 is 0 Å². The highest BCUT2D eigenvalue weighted by molar-refractivity contribution is 5.93. The number of hydrogen-bond acceptors (Lipinski definition) is 3. The lowest BCUT2D eigenvalue weighted by Crippen LogP contribution is -2.25. The molecule has 0 spiro atoms. The van der Waals surface area contributed by atoms with Crippen LogP contribution in [-0.4, -0.2) is 17.0 Å². The van der Waals surface area contributed by atoms with Gasteiger partial charge in [-0.3, -0.25) is 9.59 Å². The number of aliphatic carboxylic acids is 1. The molecule has 106 valence electrons. The average Bonchev–Trinajstić information content (AvgIpc) is 2.37. The predicted octanol–water partition coefficient (Wildman–Crippen LogP) is 3.04. The number of ether oxygens (including phenoxy) is 1. The van der Waals surface area contributed by atoms with Crippen LogP contribution in [0, 0.1) is 5.92 Å². The van der Waals surface area contributed by atoms with Gasteiger partial charge < -0.3 is 9.84 Å². The van der Waals surface area contributed by atoms with Crippen LogP contribution >= 0.6 is 12.4 Å². The van der Waals surface area contributed by atoms with Crippen molar-refractivity contribution in [3.05, 3.63) is 35.9 Å². The van der Waals surface area contributed by atoms with E-state index in [1.807, 2.05) is 37.3 Å². The van der Waals surface area contributed by atoms with Crippen LogP contribution in [0.25, 0.3) is 0 Å². The minimum atomic E-state index is -1.11. The maximum Gasteiger partial charge on any atom is 0.320 e. The number of carbonyl (C=O) groups excluding carboxylic acids is 1. The van der Waals surface area contributed by atoms with Crippen LogP contribution in [0.2, 0.25) is 0 Å². The Morgan fingerprint density at radius 1 is 1.26 bits per heavy atom. The Bertz CT molecular complexity index is 392. The van der Waals surface area contributed by atoms with Crippen LogP contribution in [0.3, 0.4) is 0 Å². The zero-order valence-electron chi connectivity index (χ0n) is 10.9. The molecule has 0 heterocycles. The third kappa shape index (κ3) is 6.25. The summed E-state index contributed by atoms with van der Waals surface area (Å²) in [6, 6.07) is 9.21. The van der Waals surface area contributed by atoms with Gasteiger partial charge in [-0.2, -0.15) is 0 Å². The van der Waals surface area contributed by atoms with Gasteiger partial charge in [0.05, 0.1) is 0 Å². The van der Waals surface area contributed by atoms with Crippen molar-refractivity contribution in [1.29, 1.82) is 0 Å². The summed E-state index contributed by atoms with van der Waals surface area (Å²) in [5.41, 5.74) is 0.852. The topological polar surface area (TPSA) is 63.6 Å². The van der Waals surface area contributed by atoms with E-state index in [-0.39, 0.29) is 19.0 Å². The Hall–Kier alpha value is -1.55. The molecule has 0 aromatic heterocycles. The van der Waals surface area contributed by atoms with E-state index in [0.29, 0.717) is 12.8 Å². The summed E-state index contributed by atoms with van der Waals surface area (Å²) >= 11 is 0. The number of carboxylic acids is 1. The molecule has 0 amide bonds. The number of benzene rings is 1. The maximum absolute atomic E-state index is 11.7. The first kappa shape index (κ1) is 17.4. The zero-order chi connectivity index (χ0) is 13.4. The first-order valence-electron chi connectivity index (χ1n) is 6.08. The van der Waals surface area contributed by atoms with Crippen LogP contribution in [0.4, 0.5) is 0 Å². The lowest BCUT2D eigenvalue weighted by atomic mass is 10.0. The summed E-state index contributed by atoms with van der Waals surface area (Å²) in [5.74, 6) is -2.81.